The van der Waals surface area contributed by atoms with E-state index in [9.17, 15) is 0 Å². The second-order valence-corrected chi connectivity index (χ2v) is 7.24. The van der Waals surface area contributed by atoms with E-state index >= 15 is 0 Å². The second-order valence-electron chi connectivity index (χ2n) is 6.81. The van der Waals surface area contributed by atoms with Gasteiger partial charge in [-0.3, -0.25) is 4.90 Å². The van der Waals surface area contributed by atoms with Crippen LogP contribution in [0.3, 0.4) is 0 Å². The van der Waals surface area contributed by atoms with E-state index in [1.165, 1.54) is 38.2 Å². The minimum atomic E-state index is 0.837. The van der Waals surface area contributed by atoms with Gasteiger partial charge in [0.1, 0.15) is 0 Å². The van der Waals surface area contributed by atoms with Crippen LogP contribution in [-0.2, 0) is 0 Å². The molecule has 0 amide bonds. The van der Waals surface area contributed by atoms with Crippen LogP contribution in [0.15, 0.2) is 36.4 Å². The van der Waals surface area contributed by atoms with Gasteiger partial charge in [0, 0.05) is 43.4 Å². The summed E-state index contributed by atoms with van der Waals surface area (Å²) >= 11 is 6.10. The Kier molecular flexibility index (Phi) is 3.68. The van der Waals surface area contributed by atoms with Crippen molar-refractivity contribution in [1.29, 1.82) is 0 Å². The molecule has 0 N–H and O–H groups in total. The molecule has 2 nitrogen and oxygen atoms in total. The number of hydrogen-bond acceptors (Lipinski definition) is 2. The molecule has 2 aliphatic carbocycles. The molecule has 1 heterocycles. The predicted octanol–water partition coefficient (Wildman–Crippen LogP) is 3.67. The van der Waals surface area contributed by atoms with Gasteiger partial charge >= 0.3 is 0 Å². The van der Waals surface area contributed by atoms with E-state index < -0.39 is 0 Å². The number of hydrogen-bond donors (Lipinski definition) is 0. The zero-order chi connectivity index (χ0) is 14.2. The Hall–Kier alpha value is -0.990. The average Bonchev–Trinajstić information content (AvgIpc) is 3.11. The fourth-order valence-corrected chi connectivity index (χ4v) is 4.48. The molecule has 4 rings (SSSR count). The van der Waals surface area contributed by atoms with Crippen molar-refractivity contribution >= 4 is 17.3 Å². The van der Waals surface area contributed by atoms with Crippen molar-refractivity contribution in [3.8, 4) is 0 Å². The van der Waals surface area contributed by atoms with E-state index in [-0.39, 0.29) is 0 Å². The van der Waals surface area contributed by atoms with Crippen LogP contribution < -0.4 is 4.90 Å². The molecule has 3 atom stereocenters. The fraction of sp³-hybridized carbons (Fsp3) is 0.556. The zero-order valence-electron chi connectivity index (χ0n) is 12.4. The molecule has 1 saturated heterocycles. The van der Waals surface area contributed by atoms with E-state index in [0.29, 0.717) is 0 Å². The summed E-state index contributed by atoms with van der Waals surface area (Å²) in [6.45, 7) is 5.91. The van der Waals surface area contributed by atoms with Gasteiger partial charge in [-0.25, -0.2) is 0 Å². The highest BCUT2D eigenvalue weighted by atomic mass is 35.5. The molecule has 1 aliphatic heterocycles. The summed E-state index contributed by atoms with van der Waals surface area (Å²) in [7, 11) is 0. The van der Waals surface area contributed by atoms with E-state index in [1.807, 2.05) is 12.1 Å². The molecule has 1 aromatic rings. The summed E-state index contributed by atoms with van der Waals surface area (Å²) in [6.07, 6.45) is 7.77. The lowest BCUT2D eigenvalue weighted by Gasteiger charge is -2.38. The number of piperazine rings is 1. The van der Waals surface area contributed by atoms with Crippen LogP contribution in [0.25, 0.3) is 0 Å². The Morgan fingerprint density at radius 1 is 1.05 bits per heavy atom. The molecule has 3 heteroatoms. The van der Waals surface area contributed by atoms with Gasteiger partial charge in [0.25, 0.3) is 0 Å². The number of rotatable bonds is 3. The Balaban J connectivity index is 1.32. The van der Waals surface area contributed by atoms with Crippen molar-refractivity contribution in [1.82, 2.24) is 4.90 Å². The number of fused-ring (bicyclic) bond motifs is 2. The van der Waals surface area contributed by atoms with Gasteiger partial charge in [0.15, 0.2) is 0 Å². The van der Waals surface area contributed by atoms with Gasteiger partial charge in [-0.1, -0.05) is 29.8 Å². The van der Waals surface area contributed by atoms with Gasteiger partial charge in [-0.2, -0.15) is 0 Å². The maximum absolute atomic E-state index is 6.10. The Morgan fingerprint density at radius 3 is 2.57 bits per heavy atom. The Morgan fingerprint density at radius 2 is 1.90 bits per heavy atom. The standard InChI is InChI=1S/C18H23ClN2/c19-17-2-1-3-18(12-17)21-8-6-20(7-9-21)13-16-11-14-4-5-15(16)10-14/h1-5,12,14-16H,6-11,13H2. The minimum Gasteiger partial charge on any atom is -0.369 e. The summed E-state index contributed by atoms with van der Waals surface area (Å²) in [5.41, 5.74) is 1.27. The van der Waals surface area contributed by atoms with Crippen LogP contribution >= 0.6 is 11.6 Å². The smallest absolute Gasteiger partial charge is 0.0426 e. The zero-order valence-corrected chi connectivity index (χ0v) is 13.2. The molecule has 2 bridgehead atoms. The van der Waals surface area contributed by atoms with Crippen molar-refractivity contribution in [2.24, 2.45) is 17.8 Å². The molecular formula is C18H23ClN2. The molecule has 3 aliphatic rings. The number of allylic oxidation sites excluding steroid dienone is 2. The first-order valence-corrected chi connectivity index (χ1v) is 8.57. The third-order valence-corrected chi connectivity index (χ3v) is 5.69. The number of anilines is 1. The summed E-state index contributed by atoms with van der Waals surface area (Å²) in [5, 5.41) is 0.837. The van der Waals surface area contributed by atoms with E-state index in [1.54, 1.807) is 0 Å². The summed E-state index contributed by atoms with van der Waals surface area (Å²) in [6, 6.07) is 8.25. The van der Waals surface area contributed by atoms with Crippen molar-refractivity contribution < 1.29 is 0 Å². The van der Waals surface area contributed by atoms with Gasteiger partial charge in [-0.05, 0) is 48.8 Å². The van der Waals surface area contributed by atoms with Gasteiger partial charge < -0.3 is 4.90 Å². The first kappa shape index (κ1) is 13.7. The predicted molar refractivity (Wildman–Crippen MR) is 88.9 cm³/mol. The Labute approximate surface area is 132 Å². The second kappa shape index (κ2) is 5.66. The van der Waals surface area contributed by atoms with Crippen LogP contribution in [0.2, 0.25) is 5.02 Å². The molecule has 0 aromatic heterocycles. The third kappa shape index (κ3) is 2.84. The molecule has 21 heavy (non-hydrogen) atoms. The van der Waals surface area contributed by atoms with E-state index in [0.717, 1.165) is 35.9 Å². The lowest BCUT2D eigenvalue weighted by molar-refractivity contribution is 0.204. The normalized spacial score (nSPS) is 32.0. The maximum Gasteiger partial charge on any atom is 0.0426 e. The maximum atomic E-state index is 6.10. The van der Waals surface area contributed by atoms with Gasteiger partial charge in [0.05, 0.1) is 0 Å². The Bertz CT molecular complexity index is 534. The van der Waals surface area contributed by atoms with Crippen LogP contribution in [0.1, 0.15) is 12.8 Å². The lowest BCUT2D eigenvalue weighted by atomic mass is 9.93. The lowest BCUT2D eigenvalue weighted by Crippen LogP contribution is -2.48. The summed E-state index contributed by atoms with van der Waals surface area (Å²) < 4.78 is 0. The molecule has 3 unspecified atom stereocenters. The summed E-state index contributed by atoms with van der Waals surface area (Å²) in [4.78, 5) is 5.13. The number of benzene rings is 1. The van der Waals surface area contributed by atoms with Crippen LogP contribution in [0.4, 0.5) is 5.69 Å². The average molecular weight is 303 g/mol. The van der Waals surface area contributed by atoms with Crippen LogP contribution in [-0.4, -0.2) is 37.6 Å². The van der Waals surface area contributed by atoms with Crippen molar-refractivity contribution in [3.05, 3.63) is 41.4 Å². The minimum absolute atomic E-state index is 0.837. The van der Waals surface area contributed by atoms with E-state index in [2.05, 4.69) is 34.1 Å². The first-order chi connectivity index (χ1) is 10.3. The van der Waals surface area contributed by atoms with Crippen molar-refractivity contribution in [2.75, 3.05) is 37.6 Å². The molecule has 112 valence electrons. The molecule has 1 aromatic carbocycles. The van der Waals surface area contributed by atoms with E-state index in [4.69, 9.17) is 11.6 Å². The fourth-order valence-electron chi connectivity index (χ4n) is 4.30. The van der Waals surface area contributed by atoms with Crippen LogP contribution in [0.5, 0.6) is 0 Å². The highest BCUT2D eigenvalue weighted by Gasteiger charge is 2.36. The first-order valence-electron chi connectivity index (χ1n) is 8.19. The molecule has 0 radical (unpaired) electrons. The highest BCUT2D eigenvalue weighted by molar-refractivity contribution is 6.30. The summed E-state index contributed by atoms with van der Waals surface area (Å²) in [5.74, 6) is 2.69. The molecular weight excluding hydrogens is 280 g/mol. The quantitative estimate of drug-likeness (QED) is 0.786. The molecule has 2 fully saturated rings. The number of nitrogens with zero attached hydrogens (tertiary/aromatic N) is 2. The monoisotopic (exact) mass is 302 g/mol. The van der Waals surface area contributed by atoms with Gasteiger partial charge in [0.2, 0.25) is 0 Å². The largest absolute Gasteiger partial charge is 0.369 e. The number of halogens is 1. The third-order valence-electron chi connectivity index (χ3n) is 5.45. The van der Waals surface area contributed by atoms with Crippen LogP contribution in [0, 0.1) is 17.8 Å². The SMILES string of the molecule is Clc1cccc(N2CCN(CC3CC4C=CC3C4)CC2)c1. The highest BCUT2D eigenvalue weighted by Crippen LogP contribution is 2.43. The molecule has 0 spiro atoms. The molecule has 1 saturated carbocycles. The topological polar surface area (TPSA) is 6.48 Å². The van der Waals surface area contributed by atoms with Crippen molar-refractivity contribution in [2.45, 2.75) is 12.8 Å². The van der Waals surface area contributed by atoms with Gasteiger partial charge in [-0.15, -0.1) is 0 Å². The van der Waals surface area contributed by atoms with Crippen molar-refractivity contribution in [3.63, 3.8) is 0 Å².